The summed E-state index contributed by atoms with van der Waals surface area (Å²) in [5.74, 6) is 0.895. The molecule has 0 saturated heterocycles. The van der Waals surface area contributed by atoms with Gasteiger partial charge < -0.3 is 5.11 Å². The molecule has 14 heavy (non-hydrogen) atoms. The summed E-state index contributed by atoms with van der Waals surface area (Å²) >= 11 is 0. The third kappa shape index (κ3) is 2.00. The van der Waals surface area contributed by atoms with E-state index in [1.54, 1.807) is 0 Å². The highest BCUT2D eigenvalue weighted by Gasteiger charge is 2.36. The van der Waals surface area contributed by atoms with Crippen LogP contribution in [0.4, 0.5) is 0 Å². The zero-order valence-electron chi connectivity index (χ0n) is 8.74. The average molecular weight is 196 g/mol. The first-order valence-corrected chi connectivity index (χ1v) is 6.00. The van der Waals surface area contributed by atoms with Crippen LogP contribution < -0.4 is 0 Å². The number of carbonyl (C=O) groups is 1. The molecule has 0 heterocycles. The van der Waals surface area contributed by atoms with Crippen molar-refractivity contribution in [3.8, 4) is 0 Å². The second-order valence-corrected chi connectivity index (χ2v) is 4.83. The molecule has 2 saturated carbocycles. The molecule has 0 aromatic carbocycles. The Morgan fingerprint density at radius 2 is 1.79 bits per heavy atom. The Morgan fingerprint density at radius 1 is 1.00 bits per heavy atom. The Bertz CT molecular complexity index is 212. The summed E-state index contributed by atoms with van der Waals surface area (Å²) in [6, 6.07) is 0. The van der Waals surface area contributed by atoms with Gasteiger partial charge in [-0.05, 0) is 31.6 Å². The van der Waals surface area contributed by atoms with E-state index in [0.29, 0.717) is 5.78 Å². The van der Waals surface area contributed by atoms with E-state index >= 15 is 0 Å². The quantitative estimate of drug-likeness (QED) is 0.653. The Balaban J connectivity index is 2.02. The van der Waals surface area contributed by atoms with Crippen LogP contribution in [0.2, 0.25) is 0 Å². The second-order valence-electron chi connectivity index (χ2n) is 4.83. The minimum atomic E-state index is -0.204. The van der Waals surface area contributed by atoms with E-state index in [1.807, 2.05) is 0 Å². The summed E-state index contributed by atoms with van der Waals surface area (Å²) in [6.07, 6.45) is 8.18. The monoisotopic (exact) mass is 196 g/mol. The van der Waals surface area contributed by atoms with Gasteiger partial charge in [-0.2, -0.15) is 0 Å². The van der Waals surface area contributed by atoms with Crippen molar-refractivity contribution < 1.29 is 9.90 Å². The first kappa shape index (κ1) is 10.2. The van der Waals surface area contributed by atoms with Gasteiger partial charge in [0.15, 0.2) is 0 Å². The van der Waals surface area contributed by atoms with Crippen LogP contribution in [0.15, 0.2) is 0 Å². The highest BCUT2D eigenvalue weighted by atomic mass is 16.3. The predicted octanol–water partition coefficient (Wildman–Crippen LogP) is 2.30. The van der Waals surface area contributed by atoms with Gasteiger partial charge in [-0.25, -0.2) is 0 Å². The van der Waals surface area contributed by atoms with Crippen molar-refractivity contribution in [2.45, 2.75) is 57.5 Å². The van der Waals surface area contributed by atoms with E-state index < -0.39 is 0 Å². The van der Waals surface area contributed by atoms with Crippen LogP contribution in [-0.2, 0) is 4.79 Å². The molecule has 3 unspecified atom stereocenters. The molecule has 0 radical (unpaired) electrons. The Kier molecular flexibility index (Phi) is 3.22. The number of Topliss-reactive ketones (excluding diaryl/α,β-unsaturated/α-hetero) is 1. The fraction of sp³-hybridized carbons (Fsp3) is 0.917. The standard InChI is InChI=1S/C12H20O2/c13-11-7-3-1-2-5-9(11)10-6-4-8-12(10)14/h9-11,13H,1-8H2. The van der Waals surface area contributed by atoms with Gasteiger partial charge in [-0.1, -0.05) is 19.3 Å². The molecule has 2 heteroatoms. The maximum atomic E-state index is 11.6. The van der Waals surface area contributed by atoms with E-state index in [2.05, 4.69) is 0 Å². The van der Waals surface area contributed by atoms with Crippen molar-refractivity contribution in [1.82, 2.24) is 0 Å². The molecule has 0 amide bonds. The number of aliphatic hydroxyl groups is 1. The highest BCUT2D eigenvalue weighted by Crippen LogP contribution is 2.36. The maximum Gasteiger partial charge on any atom is 0.136 e. The maximum absolute atomic E-state index is 11.6. The van der Waals surface area contributed by atoms with E-state index in [0.717, 1.165) is 38.5 Å². The van der Waals surface area contributed by atoms with Crippen molar-refractivity contribution in [3.05, 3.63) is 0 Å². The molecule has 2 nitrogen and oxygen atoms in total. The molecule has 0 aromatic heterocycles. The first-order valence-electron chi connectivity index (χ1n) is 6.00. The van der Waals surface area contributed by atoms with Crippen LogP contribution in [0.25, 0.3) is 0 Å². The largest absolute Gasteiger partial charge is 0.393 e. The van der Waals surface area contributed by atoms with Gasteiger partial charge in [0.1, 0.15) is 5.78 Å². The van der Waals surface area contributed by atoms with Crippen molar-refractivity contribution in [1.29, 1.82) is 0 Å². The lowest BCUT2D eigenvalue weighted by atomic mass is 9.82. The molecule has 3 atom stereocenters. The Morgan fingerprint density at radius 3 is 2.50 bits per heavy atom. The number of hydrogen-bond acceptors (Lipinski definition) is 2. The number of rotatable bonds is 1. The minimum Gasteiger partial charge on any atom is -0.393 e. The molecule has 2 aliphatic carbocycles. The molecule has 0 bridgehead atoms. The van der Waals surface area contributed by atoms with Crippen LogP contribution in [0.3, 0.4) is 0 Å². The minimum absolute atomic E-state index is 0.197. The van der Waals surface area contributed by atoms with Crippen LogP contribution in [-0.4, -0.2) is 17.0 Å². The molecule has 1 N–H and O–H groups in total. The summed E-state index contributed by atoms with van der Waals surface area (Å²) in [5.41, 5.74) is 0. The summed E-state index contributed by atoms with van der Waals surface area (Å²) in [5, 5.41) is 9.97. The summed E-state index contributed by atoms with van der Waals surface area (Å²) < 4.78 is 0. The van der Waals surface area contributed by atoms with Gasteiger partial charge in [0.25, 0.3) is 0 Å². The summed E-state index contributed by atoms with van der Waals surface area (Å²) in [6.45, 7) is 0. The van der Waals surface area contributed by atoms with Gasteiger partial charge in [0.2, 0.25) is 0 Å². The topological polar surface area (TPSA) is 37.3 Å². The lowest BCUT2D eigenvalue weighted by Crippen LogP contribution is -2.29. The molecule has 0 aliphatic heterocycles. The zero-order chi connectivity index (χ0) is 9.97. The molecular formula is C12H20O2. The lowest BCUT2D eigenvalue weighted by molar-refractivity contribution is -0.123. The van der Waals surface area contributed by atoms with Crippen LogP contribution >= 0.6 is 0 Å². The van der Waals surface area contributed by atoms with E-state index in [4.69, 9.17) is 0 Å². The number of ketones is 1. The third-order valence-electron chi connectivity index (χ3n) is 3.90. The molecular weight excluding hydrogens is 176 g/mol. The molecule has 0 spiro atoms. The summed E-state index contributed by atoms with van der Waals surface area (Å²) in [7, 11) is 0. The van der Waals surface area contributed by atoms with Crippen molar-refractivity contribution in [2.75, 3.05) is 0 Å². The van der Waals surface area contributed by atoms with Gasteiger partial charge in [0.05, 0.1) is 6.10 Å². The number of aliphatic hydroxyl groups excluding tert-OH is 1. The molecule has 2 fully saturated rings. The van der Waals surface area contributed by atoms with Gasteiger partial charge in [-0.3, -0.25) is 4.79 Å². The molecule has 80 valence electrons. The van der Waals surface area contributed by atoms with E-state index in [-0.39, 0.29) is 17.9 Å². The average Bonchev–Trinajstić information content (AvgIpc) is 2.46. The van der Waals surface area contributed by atoms with Gasteiger partial charge in [-0.15, -0.1) is 0 Å². The van der Waals surface area contributed by atoms with Crippen molar-refractivity contribution >= 4 is 5.78 Å². The van der Waals surface area contributed by atoms with Gasteiger partial charge >= 0.3 is 0 Å². The number of hydrogen-bond donors (Lipinski definition) is 1. The van der Waals surface area contributed by atoms with Crippen LogP contribution in [0, 0.1) is 11.8 Å². The highest BCUT2D eigenvalue weighted by molar-refractivity contribution is 5.83. The van der Waals surface area contributed by atoms with Gasteiger partial charge in [0, 0.05) is 12.3 Å². The molecule has 0 aromatic rings. The fourth-order valence-electron chi connectivity index (χ4n) is 3.08. The summed E-state index contributed by atoms with van der Waals surface area (Å²) in [4.78, 5) is 11.6. The smallest absolute Gasteiger partial charge is 0.136 e. The fourth-order valence-corrected chi connectivity index (χ4v) is 3.08. The second kappa shape index (κ2) is 4.43. The Hall–Kier alpha value is -0.370. The lowest BCUT2D eigenvalue weighted by Gasteiger charge is -2.25. The van der Waals surface area contributed by atoms with Crippen molar-refractivity contribution in [3.63, 3.8) is 0 Å². The van der Waals surface area contributed by atoms with Crippen LogP contribution in [0.5, 0.6) is 0 Å². The third-order valence-corrected chi connectivity index (χ3v) is 3.90. The van der Waals surface area contributed by atoms with Crippen LogP contribution in [0.1, 0.15) is 51.4 Å². The number of carbonyl (C=O) groups excluding carboxylic acids is 1. The molecule has 2 rings (SSSR count). The first-order chi connectivity index (χ1) is 6.79. The zero-order valence-corrected chi connectivity index (χ0v) is 8.74. The molecule has 2 aliphatic rings. The van der Waals surface area contributed by atoms with E-state index in [9.17, 15) is 9.90 Å². The predicted molar refractivity (Wildman–Crippen MR) is 54.9 cm³/mol. The normalized spacial score (nSPS) is 39.8. The van der Waals surface area contributed by atoms with Crippen molar-refractivity contribution in [2.24, 2.45) is 11.8 Å². The van der Waals surface area contributed by atoms with E-state index in [1.165, 1.54) is 12.8 Å². The SMILES string of the molecule is O=C1CCCC1C1CCCCCC1O. The Labute approximate surface area is 85.7 Å².